The van der Waals surface area contributed by atoms with Crippen molar-refractivity contribution in [2.45, 2.75) is 19.8 Å². The van der Waals surface area contributed by atoms with Gasteiger partial charge in [0.1, 0.15) is 12.1 Å². The molecule has 0 saturated heterocycles. The molecule has 0 fully saturated rings. The van der Waals surface area contributed by atoms with E-state index in [2.05, 4.69) is 52.4 Å². The molecule has 2 heterocycles. The Labute approximate surface area is 117 Å². The lowest BCUT2D eigenvalue weighted by Crippen LogP contribution is -2.00. The number of benzene rings is 1. The van der Waals surface area contributed by atoms with Crippen molar-refractivity contribution < 1.29 is 0 Å². The Morgan fingerprint density at radius 1 is 1.15 bits per heavy atom. The van der Waals surface area contributed by atoms with Crippen molar-refractivity contribution in [2.24, 2.45) is 7.05 Å². The van der Waals surface area contributed by atoms with Crippen LogP contribution >= 0.6 is 0 Å². The van der Waals surface area contributed by atoms with E-state index in [1.807, 2.05) is 13.1 Å². The van der Waals surface area contributed by atoms with Gasteiger partial charge in [-0.25, -0.2) is 9.97 Å². The summed E-state index contributed by atoms with van der Waals surface area (Å²) in [7, 11) is 1.88. The van der Waals surface area contributed by atoms with Gasteiger partial charge >= 0.3 is 0 Å². The number of aromatic nitrogens is 4. The number of rotatable bonds is 3. The fourth-order valence-corrected chi connectivity index (χ4v) is 2.30. The molecule has 1 aromatic carbocycles. The second-order valence-electron chi connectivity index (χ2n) is 5.09. The molecule has 0 aliphatic heterocycles. The minimum Gasteiger partial charge on any atom is -0.339 e. The van der Waals surface area contributed by atoms with Crippen LogP contribution in [0.2, 0.25) is 0 Å². The summed E-state index contributed by atoms with van der Waals surface area (Å²) in [5.41, 5.74) is 3.17. The van der Waals surface area contributed by atoms with Crippen molar-refractivity contribution in [1.82, 2.24) is 19.7 Å². The molecule has 0 radical (unpaired) electrons. The smallest absolute Gasteiger partial charge is 0.163 e. The number of anilines is 2. The van der Waals surface area contributed by atoms with E-state index < -0.39 is 0 Å². The van der Waals surface area contributed by atoms with Crippen LogP contribution < -0.4 is 5.32 Å². The highest BCUT2D eigenvalue weighted by molar-refractivity contribution is 5.88. The quantitative estimate of drug-likeness (QED) is 0.791. The molecule has 0 aliphatic rings. The summed E-state index contributed by atoms with van der Waals surface area (Å²) >= 11 is 0. The number of para-hydroxylation sites is 1. The number of hydrogen-bond donors (Lipinski definition) is 1. The summed E-state index contributed by atoms with van der Waals surface area (Å²) in [6, 6.07) is 8.28. The highest BCUT2D eigenvalue weighted by Crippen LogP contribution is 2.28. The van der Waals surface area contributed by atoms with Crippen LogP contribution in [0.25, 0.3) is 11.0 Å². The van der Waals surface area contributed by atoms with Crippen LogP contribution in [0, 0.1) is 0 Å². The fourth-order valence-electron chi connectivity index (χ4n) is 2.30. The van der Waals surface area contributed by atoms with Crippen molar-refractivity contribution in [1.29, 1.82) is 0 Å². The van der Waals surface area contributed by atoms with Crippen molar-refractivity contribution in [3.63, 3.8) is 0 Å². The lowest BCUT2D eigenvalue weighted by Gasteiger charge is -2.14. The van der Waals surface area contributed by atoms with Crippen molar-refractivity contribution in [2.75, 3.05) is 5.32 Å². The van der Waals surface area contributed by atoms with Crippen LogP contribution in [0.4, 0.5) is 11.5 Å². The van der Waals surface area contributed by atoms with Crippen molar-refractivity contribution in [3.05, 3.63) is 42.4 Å². The molecule has 0 amide bonds. The van der Waals surface area contributed by atoms with E-state index in [4.69, 9.17) is 0 Å². The van der Waals surface area contributed by atoms with Gasteiger partial charge in [-0.15, -0.1) is 0 Å². The van der Waals surface area contributed by atoms with E-state index in [9.17, 15) is 0 Å². The second-order valence-corrected chi connectivity index (χ2v) is 5.09. The molecule has 3 aromatic rings. The Bertz CT molecular complexity index is 745. The molecule has 0 bridgehead atoms. The van der Waals surface area contributed by atoms with Crippen LogP contribution in [-0.2, 0) is 7.05 Å². The van der Waals surface area contributed by atoms with Crippen LogP contribution in [0.15, 0.2) is 36.8 Å². The Morgan fingerprint density at radius 2 is 1.95 bits per heavy atom. The molecule has 0 unspecified atom stereocenters. The molecule has 2 aromatic heterocycles. The summed E-state index contributed by atoms with van der Waals surface area (Å²) in [5.74, 6) is 1.24. The van der Waals surface area contributed by atoms with Gasteiger partial charge in [0.2, 0.25) is 0 Å². The van der Waals surface area contributed by atoms with Gasteiger partial charge in [0, 0.05) is 12.7 Å². The first kappa shape index (κ1) is 12.6. The number of fused-ring (bicyclic) bond motifs is 1. The highest BCUT2D eigenvalue weighted by Gasteiger charge is 2.10. The summed E-state index contributed by atoms with van der Waals surface area (Å²) in [6.07, 6.45) is 3.35. The normalized spacial score (nSPS) is 11.2. The molecular weight excluding hydrogens is 250 g/mol. The maximum Gasteiger partial charge on any atom is 0.163 e. The third kappa shape index (κ3) is 2.11. The van der Waals surface area contributed by atoms with Gasteiger partial charge in [-0.1, -0.05) is 32.0 Å². The number of nitrogens with zero attached hydrogens (tertiary/aromatic N) is 4. The van der Waals surface area contributed by atoms with Gasteiger partial charge in [-0.05, 0) is 17.5 Å². The minimum atomic E-state index is 0.449. The predicted molar refractivity (Wildman–Crippen MR) is 80.1 cm³/mol. The molecular formula is C15H17N5. The Morgan fingerprint density at radius 3 is 2.75 bits per heavy atom. The molecule has 102 valence electrons. The van der Waals surface area contributed by atoms with E-state index in [1.165, 1.54) is 5.56 Å². The van der Waals surface area contributed by atoms with Crippen LogP contribution in [0.3, 0.4) is 0 Å². The maximum absolute atomic E-state index is 4.34. The molecule has 5 heteroatoms. The molecule has 1 N–H and O–H groups in total. The fraction of sp³-hybridized carbons (Fsp3) is 0.267. The first-order chi connectivity index (χ1) is 9.66. The van der Waals surface area contributed by atoms with Gasteiger partial charge in [0.15, 0.2) is 5.65 Å². The van der Waals surface area contributed by atoms with Crippen molar-refractivity contribution in [3.8, 4) is 0 Å². The molecule has 5 nitrogen and oxygen atoms in total. The van der Waals surface area contributed by atoms with E-state index in [1.54, 1.807) is 17.2 Å². The minimum absolute atomic E-state index is 0.449. The predicted octanol–water partition coefficient (Wildman–Crippen LogP) is 3.23. The molecule has 0 aliphatic carbocycles. The standard InChI is InChI=1S/C15H17N5/c1-10(2)11-6-4-5-7-13(11)19-14-12-8-18-20(3)15(12)17-9-16-14/h4-10H,1-3H3,(H,16,17,19). The average molecular weight is 267 g/mol. The summed E-state index contributed by atoms with van der Waals surface area (Å²) in [6.45, 7) is 4.36. The highest BCUT2D eigenvalue weighted by atomic mass is 15.3. The van der Waals surface area contributed by atoms with Crippen LogP contribution in [0.5, 0.6) is 0 Å². The van der Waals surface area contributed by atoms with Gasteiger partial charge in [0.05, 0.1) is 11.6 Å². The Hall–Kier alpha value is -2.43. The summed E-state index contributed by atoms with van der Waals surface area (Å²) in [4.78, 5) is 8.59. The van der Waals surface area contributed by atoms with Gasteiger partial charge in [0.25, 0.3) is 0 Å². The first-order valence-corrected chi connectivity index (χ1v) is 6.65. The molecule has 3 rings (SSSR count). The van der Waals surface area contributed by atoms with Gasteiger partial charge < -0.3 is 5.32 Å². The summed E-state index contributed by atoms with van der Waals surface area (Å²) in [5, 5.41) is 8.56. The molecule has 0 saturated carbocycles. The van der Waals surface area contributed by atoms with E-state index in [0.717, 1.165) is 22.5 Å². The van der Waals surface area contributed by atoms with E-state index in [0.29, 0.717) is 5.92 Å². The monoisotopic (exact) mass is 267 g/mol. The molecule has 0 spiro atoms. The second kappa shape index (κ2) is 4.92. The average Bonchev–Trinajstić information content (AvgIpc) is 2.82. The lowest BCUT2D eigenvalue weighted by atomic mass is 10.0. The van der Waals surface area contributed by atoms with Crippen LogP contribution in [-0.4, -0.2) is 19.7 Å². The van der Waals surface area contributed by atoms with Gasteiger partial charge in [-0.2, -0.15) is 5.10 Å². The third-order valence-electron chi connectivity index (χ3n) is 3.37. The molecule has 20 heavy (non-hydrogen) atoms. The van der Waals surface area contributed by atoms with Crippen molar-refractivity contribution >= 4 is 22.5 Å². The van der Waals surface area contributed by atoms with Crippen LogP contribution in [0.1, 0.15) is 25.3 Å². The first-order valence-electron chi connectivity index (χ1n) is 6.65. The maximum atomic E-state index is 4.34. The number of aryl methyl sites for hydroxylation is 1. The molecule has 0 atom stereocenters. The zero-order valence-electron chi connectivity index (χ0n) is 11.8. The lowest BCUT2D eigenvalue weighted by molar-refractivity contribution is 0.785. The zero-order chi connectivity index (χ0) is 14.1. The van der Waals surface area contributed by atoms with Gasteiger partial charge in [-0.3, -0.25) is 4.68 Å². The van der Waals surface area contributed by atoms with E-state index in [-0.39, 0.29) is 0 Å². The Kier molecular flexibility index (Phi) is 3.10. The van der Waals surface area contributed by atoms with E-state index >= 15 is 0 Å². The number of hydrogen-bond acceptors (Lipinski definition) is 4. The summed E-state index contributed by atoms with van der Waals surface area (Å²) < 4.78 is 1.75. The number of nitrogens with one attached hydrogen (secondary N) is 1. The zero-order valence-corrected chi connectivity index (χ0v) is 11.8. The SMILES string of the molecule is CC(C)c1ccccc1Nc1ncnc2c1cnn2C. The largest absolute Gasteiger partial charge is 0.339 e. The topological polar surface area (TPSA) is 55.6 Å². The third-order valence-corrected chi connectivity index (χ3v) is 3.37. The Balaban J connectivity index is 2.06.